The number of ether oxygens (including phenoxy) is 1. The van der Waals surface area contributed by atoms with E-state index in [2.05, 4.69) is 33.0 Å². The minimum atomic E-state index is -0.636. The molecule has 2 unspecified atom stereocenters. The third-order valence-corrected chi connectivity index (χ3v) is 9.27. The number of anilines is 2. The number of alkyl halides is 1. The number of halogens is 2. The van der Waals surface area contributed by atoms with E-state index in [1.807, 2.05) is 19.1 Å². The van der Waals surface area contributed by atoms with Gasteiger partial charge in [0.25, 0.3) is 0 Å². The molecule has 2 aliphatic rings. The van der Waals surface area contributed by atoms with Gasteiger partial charge in [0.1, 0.15) is 12.1 Å². The predicted molar refractivity (Wildman–Crippen MR) is 196 cm³/mol. The SMILES string of the molecule is CC(Cc1cc(C#N)c2c(c1)CCN2CCCCl)[N+](=O)[O-].CC(Cc1cc(C#N)c2c(c1)CCN2CCCOC(=O)c1ccc(Cl)cc1)OON. The highest BCUT2D eigenvalue weighted by Crippen LogP contribution is 2.34. The number of esters is 1. The Labute approximate surface area is 308 Å². The van der Waals surface area contributed by atoms with Gasteiger partial charge in [-0.3, -0.25) is 10.1 Å². The maximum absolute atomic E-state index is 12.1. The van der Waals surface area contributed by atoms with Crippen molar-refractivity contribution in [1.82, 2.24) is 0 Å². The summed E-state index contributed by atoms with van der Waals surface area (Å²) in [5.41, 5.74) is 7.82. The molecule has 2 heterocycles. The fraction of sp³-hybridized carbons (Fsp3) is 0.432. The van der Waals surface area contributed by atoms with Gasteiger partial charge >= 0.3 is 5.97 Å². The molecule has 0 fully saturated rings. The number of carbonyl (C=O) groups excluding carboxylic acids is 1. The fourth-order valence-electron chi connectivity index (χ4n) is 6.45. The van der Waals surface area contributed by atoms with Crippen molar-refractivity contribution in [1.29, 1.82) is 10.5 Å². The lowest BCUT2D eigenvalue weighted by Gasteiger charge is -2.21. The van der Waals surface area contributed by atoms with Gasteiger partial charge in [-0.05, 0) is 91.3 Å². The summed E-state index contributed by atoms with van der Waals surface area (Å²) in [6.45, 7) is 7.01. The molecule has 0 amide bonds. The molecule has 3 aromatic rings. The fourth-order valence-corrected chi connectivity index (χ4v) is 6.70. The Morgan fingerprint density at radius 2 is 1.49 bits per heavy atom. The number of nitrogens with two attached hydrogens (primary N) is 1. The Bertz CT molecular complexity index is 1760. The minimum Gasteiger partial charge on any atom is -0.462 e. The first-order valence-corrected chi connectivity index (χ1v) is 17.8. The lowest BCUT2D eigenvalue weighted by molar-refractivity contribution is -0.517. The van der Waals surface area contributed by atoms with Gasteiger partial charge in [-0.2, -0.15) is 16.4 Å². The zero-order valence-electron chi connectivity index (χ0n) is 28.8. The van der Waals surface area contributed by atoms with Crippen LogP contribution in [0.15, 0.2) is 48.5 Å². The average Bonchev–Trinajstić information content (AvgIpc) is 3.72. The van der Waals surface area contributed by atoms with E-state index < -0.39 is 6.04 Å². The number of hydrogen-bond donors (Lipinski definition) is 1. The monoisotopic (exact) mass is 736 g/mol. The van der Waals surface area contributed by atoms with Gasteiger partial charge in [-0.1, -0.05) is 23.7 Å². The molecular weight excluding hydrogens is 695 g/mol. The molecule has 12 nitrogen and oxygen atoms in total. The van der Waals surface area contributed by atoms with E-state index >= 15 is 0 Å². The quantitative estimate of drug-likeness (QED) is 0.0462. The van der Waals surface area contributed by atoms with Gasteiger partial charge in [-0.25, -0.2) is 9.68 Å². The predicted octanol–water partition coefficient (Wildman–Crippen LogP) is 6.33. The maximum atomic E-state index is 12.1. The van der Waals surface area contributed by atoms with Crippen molar-refractivity contribution >= 4 is 40.5 Å². The molecule has 2 aliphatic heterocycles. The van der Waals surface area contributed by atoms with Crippen LogP contribution in [0, 0.1) is 32.8 Å². The summed E-state index contributed by atoms with van der Waals surface area (Å²) in [5.74, 6) is 5.18. The van der Waals surface area contributed by atoms with Gasteiger partial charge in [0.05, 0.1) is 40.8 Å². The van der Waals surface area contributed by atoms with Crippen molar-refractivity contribution in [2.45, 2.75) is 64.5 Å². The highest BCUT2D eigenvalue weighted by atomic mass is 35.5. The molecule has 0 aliphatic carbocycles. The molecule has 14 heteroatoms. The van der Waals surface area contributed by atoms with Crippen LogP contribution in [0.1, 0.15) is 70.4 Å². The summed E-state index contributed by atoms with van der Waals surface area (Å²) in [6, 6.07) is 18.3. The summed E-state index contributed by atoms with van der Waals surface area (Å²) in [7, 11) is 0. The minimum absolute atomic E-state index is 0.215. The van der Waals surface area contributed by atoms with Gasteiger partial charge in [0.2, 0.25) is 6.04 Å². The molecule has 2 atom stereocenters. The molecular formula is C37H42Cl2N6O6. The van der Waals surface area contributed by atoms with Crippen LogP contribution in [-0.4, -0.2) is 61.7 Å². The summed E-state index contributed by atoms with van der Waals surface area (Å²) in [4.78, 5) is 36.1. The van der Waals surface area contributed by atoms with Crippen molar-refractivity contribution in [2.75, 3.05) is 48.5 Å². The third kappa shape index (κ3) is 10.8. The smallest absolute Gasteiger partial charge is 0.338 e. The van der Waals surface area contributed by atoms with Gasteiger partial charge in [-0.15, -0.1) is 16.6 Å². The summed E-state index contributed by atoms with van der Waals surface area (Å²) >= 11 is 11.6. The Morgan fingerprint density at radius 1 is 0.941 bits per heavy atom. The van der Waals surface area contributed by atoms with Crippen molar-refractivity contribution in [3.63, 3.8) is 0 Å². The van der Waals surface area contributed by atoms with Crippen LogP contribution >= 0.6 is 23.2 Å². The summed E-state index contributed by atoms with van der Waals surface area (Å²) in [5, 5.41) is 30.4. The molecule has 0 saturated carbocycles. The van der Waals surface area contributed by atoms with E-state index in [0.29, 0.717) is 60.0 Å². The van der Waals surface area contributed by atoms with Crippen LogP contribution in [0.5, 0.6) is 0 Å². The van der Waals surface area contributed by atoms with Crippen LogP contribution in [-0.2, 0) is 40.3 Å². The van der Waals surface area contributed by atoms with Crippen molar-refractivity contribution < 1.29 is 24.3 Å². The van der Waals surface area contributed by atoms with Crippen molar-refractivity contribution in [3.05, 3.63) is 103 Å². The second kappa shape index (κ2) is 19.3. The van der Waals surface area contributed by atoms with E-state index in [4.69, 9.17) is 38.7 Å². The number of hydrogen-bond acceptors (Lipinski definition) is 11. The van der Waals surface area contributed by atoms with Gasteiger partial charge < -0.3 is 14.5 Å². The zero-order chi connectivity index (χ0) is 36.9. The van der Waals surface area contributed by atoms with Crippen LogP contribution in [0.3, 0.4) is 0 Å². The van der Waals surface area contributed by atoms with Crippen molar-refractivity contribution in [2.24, 2.45) is 5.90 Å². The van der Waals surface area contributed by atoms with E-state index in [-0.39, 0.29) is 17.0 Å². The first-order valence-electron chi connectivity index (χ1n) is 16.8. The Balaban J connectivity index is 0.000000244. The van der Waals surface area contributed by atoms with Crippen LogP contribution < -0.4 is 15.7 Å². The molecule has 2 N–H and O–H groups in total. The topological polar surface area (TPSA) is 168 Å². The second-order valence-electron chi connectivity index (χ2n) is 12.6. The normalized spacial score (nSPS) is 14.0. The molecule has 0 bridgehead atoms. The average molecular weight is 738 g/mol. The van der Waals surface area contributed by atoms with Crippen LogP contribution in [0.25, 0.3) is 0 Å². The van der Waals surface area contributed by atoms with Gasteiger partial charge in [0.15, 0.2) is 0 Å². The second-order valence-corrected chi connectivity index (χ2v) is 13.4. The van der Waals surface area contributed by atoms with E-state index in [0.717, 1.165) is 72.5 Å². The van der Waals surface area contributed by atoms with Crippen molar-refractivity contribution in [3.8, 4) is 12.1 Å². The van der Waals surface area contributed by atoms with E-state index in [9.17, 15) is 25.4 Å². The number of nitro groups is 1. The molecule has 51 heavy (non-hydrogen) atoms. The lowest BCUT2D eigenvalue weighted by atomic mass is 9.99. The number of carbonyl (C=O) groups is 1. The molecule has 0 radical (unpaired) electrons. The number of nitrogens with zero attached hydrogens (tertiary/aromatic N) is 5. The van der Waals surface area contributed by atoms with Crippen LogP contribution in [0.4, 0.5) is 11.4 Å². The standard InChI is InChI=1S/C22H24ClN3O4.C15H18ClN3O2/c1-15(29-30-25)11-16-12-18-7-9-26(21(18)19(13-16)14-24)8-2-10-28-22(27)17-3-5-20(23)6-4-17;1-11(19(20)21)7-12-8-13-3-6-18(5-2-4-16)15(13)14(9-12)10-17/h3-6,12-13,15H,2,7-11,25H2,1H3;8-9,11H,2-7H2,1H3. The highest BCUT2D eigenvalue weighted by Gasteiger charge is 2.26. The number of benzene rings is 3. The zero-order valence-corrected chi connectivity index (χ0v) is 30.3. The first-order chi connectivity index (χ1) is 24.6. The molecule has 0 saturated heterocycles. The molecule has 5 rings (SSSR count). The van der Waals surface area contributed by atoms with E-state index in [1.54, 1.807) is 37.3 Å². The Morgan fingerprint density at radius 3 is 2.00 bits per heavy atom. The first kappa shape index (κ1) is 39.4. The third-order valence-electron chi connectivity index (χ3n) is 8.75. The molecule has 3 aromatic carbocycles. The molecule has 0 aromatic heterocycles. The lowest BCUT2D eigenvalue weighted by Crippen LogP contribution is -2.24. The summed E-state index contributed by atoms with van der Waals surface area (Å²) < 4.78 is 5.35. The van der Waals surface area contributed by atoms with Crippen LogP contribution in [0.2, 0.25) is 5.02 Å². The molecule has 270 valence electrons. The number of fused-ring (bicyclic) bond motifs is 2. The number of nitriles is 2. The van der Waals surface area contributed by atoms with Gasteiger partial charge in [0, 0.05) is 61.8 Å². The summed E-state index contributed by atoms with van der Waals surface area (Å²) in [6.07, 6.45) is 4.04. The maximum Gasteiger partial charge on any atom is 0.338 e. The Hall–Kier alpha value is -4.43. The highest BCUT2D eigenvalue weighted by molar-refractivity contribution is 6.30. The van der Waals surface area contributed by atoms with E-state index in [1.165, 1.54) is 0 Å². The largest absolute Gasteiger partial charge is 0.462 e. The Kier molecular flexibility index (Phi) is 14.9. The molecule has 0 spiro atoms. The number of rotatable bonds is 15.